The Morgan fingerprint density at radius 1 is 1.44 bits per heavy atom. The fourth-order valence-electron chi connectivity index (χ4n) is 5.15. The van der Waals surface area contributed by atoms with Gasteiger partial charge in [0.1, 0.15) is 5.75 Å². The lowest BCUT2D eigenvalue weighted by molar-refractivity contribution is 0.00256. The van der Waals surface area contributed by atoms with E-state index in [-0.39, 0.29) is 11.5 Å². The summed E-state index contributed by atoms with van der Waals surface area (Å²) in [5.74, 6) is 1.86. The van der Waals surface area contributed by atoms with Gasteiger partial charge in [-0.25, -0.2) is 0 Å². The first kappa shape index (κ1) is 16.9. The van der Waals surface area contributed by atoms with Gasteiger partial charge in [-0.1, -0.05) is 6.07 Å². The molecule has 3 heterocycles. The van der Waals surface area contributed by atoms with Crippen LogP contribution in [0.1, 0.15) is 28.8 Å². The Hall–Kier alpha value is -1.59. The first-order valence-electron chi connectivity index (χ1n) is 9.20. The van der Waals surface area contributed by atoms with Gasteiger partial charge in [-0.15, -0.1) is 0 Å². The Bertz CT molecular complexity index is 690. The number of aryl methyl sites for hydroxylation is 1. The molecule has 0 aliphatic carbocycles. The van der Waals surface area contributed by atoms with Crippen molar-refractivity contribution in [1.82, 2.24) is 9.80 Å². The normalized spacial score (nSPS) is 33.2. The molecule has 0 saturated carbocycles. The second kappa shape index (κ2) is 5.99. The summed E-state index contributed by atoms with van der Waals surface area (Å²) >= 11 is 0. The Labute approximate surface area is 149 Å². The maximum Gasteiger partial charge on any atom is 0.254 e. The molecule has 3 saturated heterocycles. The van der Waals surface area contributed by atoms with Gasteiger partial charge in [0.25, 0.3) is 5.91 Å². The third-order valence-corrected chi connectivity index (χ3v) is 6.30. The van der Waals surface area contributed by atoms with Crippen LogP contribution < -0.4 is 4.74 Å². The van der Waals surface area contributed by atoms with Gasteiger partial charge in [-0.05, 0) is 51.6 Å². The molecular formula is C20H28N2O3. The molecule has 136 valence electrons. The average Bonchev–Trinajstić information content (AvgIpc) is 3.24. The number of rotatable bonds is 4. The van der Waals surface area contributed by atoms with Crippen molar-refractivity contribution in [2.75, 3.05) is 40.8 Å². The summed E-state index contributed by atoms with van der Waals surface area (Å²) in [4.78, 5) is 17.3. The molecule has 1 aromatic carbocycles. The lowest BCUT2D eigenvalue weighted by Crippen LogP contribution is -2.40. The number of carbonyl (C=O) groups excluding carboxylic acids is 1. The second-order valence-electron chi connectivity index (χ2n) is 8.16. The SMILES string of the molecule is COc1cc(C(=O)N2C[C@@H]3[C@H](CN(C)C)[C@H]4CC[C@]3(C2)O4)ccc1C. The van der Waals surface area contributed by atoms with Crippen LogP contribution in [0.2, 0.25) is 0 Å². The number of fused-ring (bicyclic) bond motifs is 1. The van der Waals surface area contributed by atoms with E-state index in [1.54, 1.807) is 7.11 Å². The van der Waals surface area contributed by atoms with Crippen molar-refractivity contribution < 1.29 is 14.3 Å². The molecule has 0 unspecified atom stereocenters. The topological polar surface area (TPSA) is 42.0 Å². The molecule has 1 aromatic rings. The zero-order valence-electron chi connectivity index (χ0n) is 15.6. The molecular weight excluding hydrogens is 316 g/mol. The van der Waals surface area contributed by atoms with Crippen LogP contribution in [0.25, 0.3) is 0 Å². The fourth-order valence-corrected chi connectivity index (χ4v) is 5.15. The van der Waals surface area contributed by atoms with Gasteiger partial charge in [0.2, 0.25) is 0 Å². The van der Waals surface area contributed by atoms with Crippen LogP contribution in [-0.2, 0) is 4.74 Å². The molecule has 25 heavy (non-hydrogen) atoms. The lowest BCUT2D eigenvalue weighted by atomic mass is 9.73. The van der Waals surface area contributed by atoms with E-state index in [4.69, 9.17) is 9.47 Å². The minimum absolute atomic E-state index is 0.0951. The summed E-state index contributed by atoms with van der Waals surface area (Å²) < 4.78 is 11.8. The third kappa shape index (κ3) is 2.64. The van der Waals surface area contributed by atoms with E-state index in [0.29, 0.717) is 23.5 Å². The van der Waals surface area contributed by atoms with E-state index in [9.17, 15) is 4.79 Å². The van der Waals surface area contributed by atoms with Gasteiger partial charge < -0.3 is 19.3 Å². The number of nitrogens with zero attached hydrogens (tertiary/aromatic N) is 2. The zero-order valence-corrected chi connectivity index (χ0v) is 15.6. The van der Waals surface area contributed by atoms with E-state index in [1.807, 2.05) is 30.0 Å². The second-order valence-corrected chi connectivity index (χ2v) is 8.16. The number of methoxy groups -OCH3 is 1. The fraction of sp³-hybridized carbons (Fsp3) is 0.650. The zero-order chi connectivity index (χ0) is 17.8. The molecule has 0 aromatic heterocycles. The molecule has 4 atom stereocenters. The summed E-state index contributed by atoms with van der Waals surface area (Å²) in [6, 6.07) is 5.72. The standard InChI is InChI=1S/C20H28N2O3/c1-13-5-6-14(9-18(13)24-4)19(23)22-11-16-15(10-21(2)3)17-7-8-20(16,12-22)25-17/h5-6,9,15-17H,7-8,10-12H2,1-4H3/t15-,16+,17+,20+/m0/s1. The van der Waals surface area contributed by atoms with E-state index in [1.165, 1.54) is 0 Å². The Balaban J connectivity index is 1.55. The van der Waals surface area contributed by atoms with Crippen LogP contribution in [0.15, 0.2) is 18.2 Å². The molecule has 0 N–H and O–H groups in total. The predicted molar refractivity (Wildman–Crippen MR) is 96.0 cm³/mol. The summed E-state index contributed by atoms with van der Waals surface area (Å²) in [5, 5.41) is 0. The van der Waals surface area contributed by atoms with Crippen LogP contribution in [0, 0.1) is 18.8 Å². The average molecular weight is 344 g/mol. The first-order chi connectivity index (χ1) is 11.9. The van der Waals surface area contributed by atoms with E-state index < -0.39 is 0 Å². The molecule has 0 radical (unpaired) electrons. The van der Waals surface area contributed by atoms with Crippen LogP contribution >= 0.6 is 0 Å². The van der Waals surface area contributed by atoms with Gasteiger partial charge in [0, 0.05) is 30.5 Å². The Kier molecular flexibility index (Phi) is 4.04. The maximum absolute atomic E-state index is 13.1. The van der Waals surface area contributed by atoms with Crippen molar-refractivity contribution in [3.8, 4) is 5.75 Å². The molecule has 3 fully saturated rings. The highest BCUT2D eigenvalue weighted by Crippen LogP contribution is 2.55. The van der Waals surface area contributed by atoms with E-state index in [2.05, 4.69) is 19.0 Å². The number of benzene rings is 1. The largest absolute Gasteiger partial charge is 0.496 e. The number of likely N-dealkylation sites (tertiary alicyclic amines) is 1. The molecule has 4 rings (SSSR count). The summed E-state index contributed by atoms with van der Waals surface area (Å²) in [7, 11) is 5.89. The third-order valence-electron chi connectivity index (χ3n) is 6.30. The van der Waals surface area contributed by atoms with Gasteiger partial charge in [0.05, 0.1) is 25.4 Å². The molecule has 3 aliphatic heterocycles. The molecule has 2 bridgehead atoms. The predicted octanol–water partition coefficient (Wildman–Crippen LogP) is 2.18. The van der Waals surface area contributed by atoms with Crippen molar-refractivity contribution in [1.29, 1.82) is 0 Å². The molecule has 1 spiro atoms. The Morgan fingerprint density at radius 3 is 2.96 bits per heavy atom. The highest BCUT2D eigenvalue weighted by atomic mass is 16.5. The van der Waals surface area contributed by atoms with E-state index in [0.717, 1.165) is 43.8 Å². The number of hydrogen-bond acceptors (Lipinski definition) is 4. The van der Waals surface area contributed by atoms with Gasteiger partial charge in [-0.2, -0.15) is 0 Å². The van der Waals surface area contributed by atoms with Crippen molar-refractivity contribution in [3.05, 3.63) is 29.3 Å². The Morgan fingerprint density at radius 2 is 2.24 bits per heavy atom. The minimum Gasteiger partial charge on any atom is -0.496 e. The molecule has 5 heteroatoms. The van der Waals surface area contributed by atoms with Crippen LogP contribution in [-0.4, -0.2) is 68.3 Å². The molecule has 5 nitrogen and oxygen atoms in total. The van der Waals surface area contributed by atoms with Gasteiger partial charge >= 0.3 is 0 Å². The molecule has 3 aliphatic rings. The highest BCUT2D eigenvalue weighted by molar-refractivity contribution is 5.95. The van der Waals surface area contributed by atoms with Gasteiger partial charge in [-0.3, -0.25) is 4.79 Å². The summed E-state index contributed by atoms with van der Waals surface area (Å²) in [5.41, 5.74) is 1.65. The quantitative estimate of drug-likeness (QED) is 0.840. The number of carbonyl (C=O) groups is 1. The lowest BCUT2D eigenvalue weighted by Gasteiger charge is -2.30. The van der Waals surface area contributed by atoms with E-state index >= 15 is 0 Å². The minimum atomic E-state index is -0.101. The van der Waals surface area contributed by atoms with Crippen LogP contribution in [0.5, 0.6) is 5.75 Å². The number of hydrogen-bond donors (Lipinski definition) is 0. The van der Waals surface area contributed by atoms with Gasteiger partial charge in [0.15, 0.2) is 0 Å². The van der Waals surface area contributed by atoms with Crippen LogP contribution in [0.3, 0.4) is 0 Å². The molecule has 1 amide bonds. The van der Waals surface area contributed by atoms with Crippen molar-refractivity contribution in [2.24, 2.45) is 11.8 Å². The summed E-state index contributed by atoms with van der Waals surface area (Å²) in [6.45, 7) is 4.57. The number of amides is 1. The smallest absolute Gasteiger partial charge is 0.254 e. The monoisotopic (exact) mass is 344 g/mol. The summed E-state index contributed by atoms with van der Waals surface area (Å²) in [6.07, 6.45) is 2.60. The van der Waals surface area contributed by atoms with Crippen molar-refractivity contribution >= 4 is 5.91 Å². The number of ether oxygens (including phenoxy) is 2. The maximum atomic E-state index is 13.1. The van der Waals surface area contributed by atoms with Crippen molar-refractivity contribution in [3.63, 3.8) is 0 Å². The first-order valence-corrected chi connectivity index (χ1v) is 9.20. The highest BCUT2D eigenvalue weighted by Gasteiger charge is 2.63. The van der Waals surface area contributed by atoms with Crippen molar-refractivity contribution in [2.45, 2.75) is 31.5 Å². The van der Waals surface area contributed by atoms with Crippen LogP contribution in [0.4, 0.5) is 0 Å².